The second-order valence-corrected chi connectivity index (χ2v) is 4.67. The largest absolute Gasteiger partial charge is 0.369 e. The lowest BCUT2D eigenvalue weighted by Gasteiger charge is -2.05. The molecular formula is C13H10BrN3. The SMILES string of the molecule is Nc1nc(-c2cccc3c(Br)cccc23)c[nH]1. The third-order valence-electron chi connectivity index (χ3n) is 2.74. The van der Waals surface area contributed by atoms with Gasteiger partial charge in [0.25, 0.3) is 0 Å². The van der Waals surface area contributed by atoms with Crippen molar-refractivity contribution in [2.75, 3.05) is 5.73 Å². The summed E-state index contributed by atoms with van der Waals surface area (Å²) < 4.78 is 1.08. The number of nitrogen functional groups attached to an aromatic ring is 1. The molecule has 0 saturated carbocycles. The summed E-state index contributed by atoms with van der Waals surface area (Å²) in [5.41, 5.74) is 7.56. The fraction of sp³-hybridized carbons (Fsp3) is 0. The van der Waals surface area contributed by atoms with Crippen molar-refractivity contribution in [2.24, 2.45) is 0 Å². The number of imidazole rings is 1. The topological polar surface area (TPSA) is 54.7 Å². The van der Waals surface area contributed by atoms with E-state index in [-0.39, 0.29) is 0 Å². The zero-order valence-corrected chi connectivity index (χ0v) is 10.5. The minimum absolute atomic E-state index is 0.437. The van der Waals surface area contributed by atoms with Gasteiger partial charge in [-0.2, -0.15) is 0 Å². The monoisotopic (exact) mass is 287 g/mol. The van der Waals surface area contributed by atoms with E-state index in [1.165, 1.54) is 5.39 Å². The van der Waals surface area contributed by atoms with Gasteiger partial charge in [-0.25, -0.2) is 4.98 Å². The number of nitrogens with two attached hydrogens (primary N) is 1. The number of rotatable bonds is 1. The summed E-state index contributed by atoms with van der Waals surface area (Å²) in [6.45, 7) is 0. The Morgan fingerprint density at radius 1 is 1.06 bits per heavy atom. The fourth-order valence-electron chi connectivity index (χ4n) is 1.97. The summed E-state index contributed by atoms with van der Waals surface area (Å²) in [6, 6.07) is 12.3. The van der Waals surface area contributed by atoms with Crippen molar-refractivity contribution in [2.45, 2.75) is 0 Å². The Balaban J connectivity index is 2.34. The molecule has 3 rings (SSSR count). The molecular weight excluding hydrogens is 278 g/mol. The molecule has 0 aliphatic rings. The number of anilines is 1. The highest BCUT2D eigenvalue weighted by atomic mass is 79.9. The molecule has 1 heterocycles. The number of aromatic amines is 1. The number of benzene rings is 2. The molecule has 4 heteroatoms. The number of halogens is 1. The van der Waals surface area contributed by atoms with Crippen molar-refractivity contribution in [3.05, 3.63) is 47.1 Å². The number of hydrogen-bond acceptors (Lipinski definition) is 2. The van der Waals surface area contributed by atoms with Gasteiger partial charge in [-0.05, 0) is 16.8 Å². The van der Waals surface area contributed by atoms with Gasteiger partial charge in [0, 0.05) is 16.2 Å². The van der Waals surface area contributed by atoms with Gasteiger partial charge in [-0.15, -0.1) is 0 Å². The Morgan fingerprint density at radius 3 is 2.59 bits per heavy atom. The third kappa shape index (κ3) is 1.70. The lowest BCUT2D eigenvalue weighted by Crippen LogP contribution is -1.86. The second-order valence-electron chi connectivity index (χ2n) is 3.81. The molecule has 0 aliphatic carbocycles. The summed E-state index contributed by atoms with van der Waals surface area (Å²) in [4.78, 5) is 7.17. The lowest BCUT2D eigenvalue weighted by molar-refractivity contribution is 1.33. The Hall–Kier alpha value is -1.81. The molecule has 0 aliphatic heterocycles. The van der Waals surface area contributed by atoms with E-state index in [2.05, 4.69) is 38.0 Å². The van der Waals surface area contributed by atoms with Crippen molar-refractivity contribution in [3.8, 4) is 11.3 Å². The average molecular weight is 288 g/mol. The zero-order chi connectivity index (χ0) is 11.8. The first kappa shape index (κ1) is 10.4. The number of hydrogen-bond donors (Lipinski definition) is 2. The van der Waals surface area contributed by atoms with Crippen LogP contribution in [0.2, 0.25) is 0 Å². The normalized spacial score (nSPS) is 10.9. The molecule has 84 valence electrons. The smallest absolute Gasteiger partial charge is 0.198 e. The number of nitrogens with one attached hydrogen (secondary N) is 1. The molecule has 1 aromatic heterocycles. The van der Waals surface area contributed by atoms with Crippen molar-refractivity contribution in [3.63, 3.8) is 0 Å². The van der Waals surface area contributed by atoms with Crippen LogP contribution in [0, 0.1) is 0 Å². The Bertz CT molecular complexity index is 688. The van der Waals surface area contributed by atoms with Crippen LogP contribution in [0.1, 0.15) is 0 Å². The molecule has 0 unspecified atom stereocenters. The Kier molecular flexibility index (Phi) is 2.37. The van der Waals surface area contributed by atoms with Gasteiger partial charge in [0.2, 0.25) is 0 Å². The molecule has 0 bridgehead atoms. The van der Waals surface area contributed by atoms with Crippen LogP contribution in [0.15, 0.2) is 47.1 Å². The molecule has 3 nitrogen and oxygen atoms in total. The minimum atomic E-state index is 0.437. The van der Waals surface area contributed by atoms with Crippen LogP contribution < -0.4 is 5.73 Å². The molecule has 0 saturated heterocycles. The van der Waals surface area contributed by atoms with E-state index in [4.69, 9.17) is 5.73 Å². The highest BCUT2D eigenvalue weighted by Gasteiger charge is 2.07. The predicted octanol–water partition coefficient (Wildman–Crippen LogP) is 3.57. The Morgan fingerprint density at radius 2 is 1.82 bits per heavy atom. The first-order valence-electron chi connectivity index (χ1n) is 5.24. The molecule has 0 amide bonds. The summed E-state index contributed by atoms with van der Waals surface area (Å²) in [5.74, 6) is 0.437. The molecule has 0 fully saturated rings. The maximum absolute atomic E-state index is 5.61. The van der Waals surface area contributed by atoms with Gasteiger partial charge >= 0.3 is 0 Å². The summed E-state index contributed by atoms with van der Waals surface area (Å²) >= 11 is 3.56. The first-order valence-corrected chi connectivity index (χ1v) is 6.03. The number of fused-ring (bicyclic) bond motifs is 1. The van der Waals surface area contributed by atoms with E-state index in [0.717, 1.165) is 21.1 Å². The van der Waals surface area contributed by atoms with Crippen LogP contribution in [-0.4, -0.2) is 9.97 Å². The van der Waals surface area contributed by atoms with E-state index < -0.39 is 0 Å². The quantitative estimate of drug-likeness (QED) is 0.719. The average Bonchev–Trinajstić information content (AvgIpc) is 2.76. The van der Waals surface area contributed by atoms with Crippen LogP contribution in [0.3, 0.4) is 0 Å². The number of H-pyrrole nitrogens is 1. The standard InChI is InChI=1S/C13H10BrN3/c14-11-6-2-3-8-9(11)4-1-5-10(8)12-7-16-13(15)17-12/h1-7H,(H3,15,16,17). The van der Waals surface area contributed by atoms with Gasteiger partial charge in [-0.3, -0.25) is 0 Å². The predicted molar refractivity (Wildman–Crippen MR) is 73.6 cm³/mol. The summed E-state index contributed by atoms with van der Waals surface area (Å²) in [7, 11) is 0. The zero-order valence-electron chi connectivity index (χ0n) is 8.94. The van der Waals surface area contributed by atoms with Crippen LogP contribution in [0.4, 0.5) is 5.95 Å². The van der Waals surface area contributed by atoms with Gasteiger partial charge in [0.1, 0.15) is 0 Å². The lowest BCUT2D eigenvalue weighted by atomic mass is 10.0. The minimum Gasteiger partial charge on any atom is -0.369 e. The molecule has 3 aromatic rings. The number of nitrogens with zero attached hydrogens (tertiary/aromatic N) is 1. The molecule has 0 atom stereocenters. The molecule has 17 heavy (non-hydrogen) atoms. The van der Waals surface area contributed by atoms with Crippen LogP contribution >= 0.6 is 15.9 Å². The Labute approximate surface area is 107 Å². The molecule has 3 N–H and O–H groups in total. The van der Waals surface area contributed by atoms with Crippen molar-refractivity contribution in [1.82, 2.24) is 9.97 Å². The van der Waals surface area contributed by atoms with E-state index >= 15 is 0 Å². The molecule has 0 radical (unpaired) electrons. The van der Waals surface area contributed by atoms with Crippen LogP contribution in [0.5, 0.6) is 0 Å². The van der Waals surface area contributed by atoms with Crippen LogP contribution in [0.25, 0.3) is 22.0 Å². The highest BCUT2D eigenvalue weighted by molar-refractivity contribution is 9.10. The summed E-state index contributed by atoms with van der Waals surface area (Å²) in [5, 5.41) is 2.33. The first-order chi connectivity index (χ1) is 8.25. The van der Waals surface area contributed by atoms with Gasteiger partial charge in [-0.1, -0.05) is 46.3 Å². The van der Waals surface area contributed by atoms with Gasteiger partial charge < -0.3 is 10.7 Å². The van der Waals surface area contributed by atoms with Gasteiger partial charge in [0.15, 0.2) is 5.95 Å². The maximum atomic E-state index is 5.61. The molecule has 0 spiro atoms. The van der Waals surface area contributed by atoms with Crippen LogP contribution in [-0.2, 0) is 0 Å². The molecule has 2 aromatic carbocycles. The van der Waals surface area contributed by atoms with E-state index in [1.54, 1.807) is 0 Å². The van der Waals surface area contributed by atoms with E-state index in [1.807, 2.05) is 30.5 Å². The fourth-order valence-corrected chi connectivity index (χ4v) is 2.47. The highest BCUT2D eigenvalue weighted by Crippen LogP contribution is 2.31. The second kappa shape index (κ2) is 3.89. The number of aromatic nitrogens is 2. The van der Waals surface area contributed by atoms with Crippen molar-refractivity contribution >= 4 is 32.7 Å². The van der Waals surface area contributed by atoms with E-state index in [9.17, 15) is 0 Å². The summed E-state index contributed by atoms with van der Waals surface area (Å²) in [6.07, 6.45) is 1.82. The van der Waals surface area contributed by atoms with Gasteiger partial charge in [0.05, 0.1) is 5.69 Å². The van der Waals surface area contributed by atoms with Crippen molar-refractivity contribution in [1.29, 1.82) is 0 Å². The van der Waals surface area contributed by atoms with E-state index in [0.29, 0.717) is 5.95 Å². The third-order valence-corrected chi connectivity index (χ3v) is 3.43. The maximum Gasteiger partial charge on any atom is 0.198 e. The van der Waals surface area contributed by atoms with Crippen molar-refractivity contribution < 1.29 is 0 Å².